The van der Waals surface area contributed by atoms with Crippen molar-refractivity contribution in [2.45, 2.75) is 49.9 Å². The van der Waals surface area contributed by atoms with Crippen molar-refractivity contribution < 1.29 is 29.4 Å². The van der Waals surface area contributed by atoms with E-state index in [4.69, 9.17) is 28.7 Å². The number of carbonyl (C=O) groups is 4. The van der Waals surface area contributed by atoms with Crippen LogP contribution in [-0.4, -0.2) is 95.4 Å². The monoisotopic (exact) mass is 520 g/mol. The molecule has 16 nitrogen and oxygen atoms in total. The first-order chi connectivity index (χ1) is 16.4. The quantitative estimate of drug-likeness (QED) is 0.0373. The highest BCUT2D eigenvalue weighted by atomic mass is 32.1. The number of aliphatic imine (C=N–C) groups is 2. The van der Waals surface area contributed by atoms with Crippen LogP contribution in [0, 0.1) is 0 Å². The van der Waals surface area contributed by atoms with E-state index in [1.54, 1.807) is 0 Å². The molecule has 200 valence electrons. The molecular weight excluding hydrogens is 484 g/mol. The van der Waals surface area contributed by atoms with Crippen LogP contribution in [0.3, 0.4) is 0 Å². The van der Waals surface area contributed by atoms with Crippen molar-refractivity contribution in [3.63, 3.8) is 0 Å². The van der Waals surface area contributed by atoms with Crippen LogP contribution in [0.25, 0.3) is 0 Å². The fraction of sp³-hybridized carbons (Fsp3) is 0.667. The lowest BCUT2D eigenvalue weighted by atomic mass is 10.1. The minimum Gasteiger partial charge on any atom is -0.480 e. The zero-order chi connectivity index (χ0) is 27.0. The first-order valence-electron chi connectivity index (χ1n) is 10.6. The molecule has 0 saturated carbocycles. The van der Waals surface area contributed by atoms with Gasteiger partial charge in [-0.25, -0.2) is 4.79 Å². The average Bonchev–Trinajstić information content (AvgIpc) is 2.79. The second-order valence-corrected chi connectivity index (χ2v) is 7.76. The summed E-state index contributed by atoms with van der Waals surface area (Å²) in [5.41, 5.74) is 26.6. The van der Waals surface area contributed by atoms with Gasteiger partial charge in [-0.2, -0.15) is 12.6 Å². The third kappa shape index (κ3) is 13.9. The van der Waals surface area contributed by atoms with Crippen LogP contribution >= 0.6 is 12.6 Å². The molecule has 15 N–H and O–H groups in total. The summed E-state index contributed by atoms with van der Waals surface area (Å²) in [6, 6.07) is -4.91. The second kappa shape index (κ2) is 17.2. The van der Waals surface area contributed by atoms with Crippen molar-refractivity contribution >= 4 is 48.2 Å². The Morgan fingerprint density at radius 1 is 0.771 bits per heavy atom. The molecule has 0 rings (SSSR count). The van der Waals surface area contributed by atoms with Gasteiger partial charge >= 0.3 is 5.97 Å². The van der Waals surface area contributed by atoms with Gasteiger partial charge in [0.1, 0.15) is 18.1 Å². The number of carbonyl (C=O) groups excluding carboxylic acids is 3. The SMILES string of the molecule is NC(N)=NCCCC(N)C(=O)NC(CS)C(=O)NC(CO)C(=O)NC(CCCN=C(N)N)C(=O)O. The van der Waals surface area contributed by atoms with Crippen molar-refractivity contribution in [1.82, 2.24) is 16.0 Å². The first kappa shape index (κ1) is 31.7. The van der Waals surface area contributed by atoms with Crippen LogP contribution in [0.4, 0.5) is 0 Å². The number of thiol groups is 1. The molecule has 0 heterocycles. The Bertz CT molecular complexity index is 773. The van der Waals surface area contributed by atoms with E-state index >= 15 is 0 Å². The normalized spacial score (nSPS) is 13.9. The molecule has 0 aromatic heterocycles. The van der Waals surface area contributed by atoms with E-state index in [-0.39, 0.29) is 50.0 Å². The number of amides is 3. The highest BCUT2D eigenvalue weighted by Gasteiger charge is 2.29. The van der Waals surface area contributed by atoms with E-state index in [0.717, 1.165) is 0 Å². The number of nitrogens with two attached hydrogens (primary N) is 5. The Hall–Kier alpha value is -3.31. The summed E-state index contributed by atoms with van der Waals surface area (Å²) < 4.78 is 0. The number of aliphatic carboxylic acids is 1. The highest BCUT2D eigenvalue weighted by molar-refractivity contribution is 7.80. The largest absolute Gasteiger partial charge is 0.480 e. The zero-order valence-electron chi connectivity index (χ0n) is 19.2. The van der Waals surface area contributed by atoms with Crippen molar-refractivity contribution in [1.29, 1.82) is 0 Å². The Morgan fingerprint density at radius 2 is 1.23 bits per heavy atom. The molecular formula is C18H36N10O6S. The highest BCUT2D eigenvalue weighted by Crippen LogP contribution is 2.01. The maximum atomic E-state index is 12.5. The summed E-state index contributed by atoms with van der Waals surface area (Å²) in [7, 11) is 0. The van der Waals surface area contributed by atoms with Gasteiger partial charge in [-0.05, 0) is 25.7 Å². The van der Waals surface area contributed by atoms with E-state index in [0.29, 0.717) is 6.42 Å². The molecule has 4 atom stereocenters. The fourth-order valence-electron chi connectivity index (χ4n) is 2.62. The molecule has 0 aromatic carbocycles. The lowest BCUT2D eigenvalue weighted by Crippen LogP contribution is -2.58. The van der Waals surface area contributed by atoms with Gasteiger partial charge in [0.25, 0.3) is 0 Å². The van der Waals surface area contributed by atoms with E-state index in [1.165, 1.54) is 0 Å². The van der Waals surface area contributed by atoms with Gasteiger partial charge in [0.15, 0.2) is 11.9 Å². The topological polar surface area (TPSA) is 300 Å². The van der Waals surface area contributed by atoms with Gasteiger partial charge in [0.05, 0.1) is 12.6 Å². The van der Waals surface area contributed by atoms with Gasteiger partial charge in [-0.1, -0.05) is 0 Å². The summed E-state index contributed by atoms with van der Waals surface area (Å²) in [4.78, 5) is 56.1. The smallest absolute Gasteiger partial charge is 0.326 e. The molecule has 0 saturated heterocycles. The van der Waals surface area contributed by atoms with Crippen LogP contribution in [0.5, 0.6) is 0 Å². The minimum absolute atomic E-state index is 0.000341. The third-order valence-corrected chi connectivity index (χ3v) is 4.86. The molecule has 35 heavy (non-hydrogen) atoms. The number of nitrogens with zero attached hydrogens (tertiary/aromatic N) is 2. The molecule has 0 spiro atoms. The molecule has 0 aliphatic rings. The average molecular weight is 521 g/mol. The molecule has 0 fully saturated rings. The maximum absolute atomic E-state index is 12.5. The summed E-state index contributed by atoms with van der Waals surface area (Å²) in [5, 5.41) is 25.7. The number of aliphatic hydroxyl groups excluding tert-OH is 1. The number of hydrogen-bond donors (Lipinski definition) is 11. The molecule has 0 radical (unpaired) electrons. The Morgan fingerprint density at radius 3 is 1.69 bits per heavy atom. The third-order valence-electron chi connectivity index (χ3n) is 4.50. The number of hydrogen-bond acceptors (Lipinski definition) is 9. The number of rotatable bonds is 17. The van der Waals surface area contributed by atoms with Crippen molar-refractivity contribution in [3.05, 3.63) is 0 Å². The van der Waals surface area contributed by atoms with E-state index in [9.17, 15) is 29.4 Å². The first-order valence-corrected chi connectivity index (χ1v) is 11.3. The van der Waals surface area contributed by atoms with E-state index < -0.39 is 54.5 Å². The Labute approximate surface area is 207 Å². The fourth-order valence-corrected chi connectivity index (χ4v) is 2.88. The van der Waals surface area contributed by atoms with Crippen LogP contribution in [0.1, 0.15) is 25.7 Å². The maximum Gasteiger partial charge on any atom is 0.326 e. The van der Waals surface area contributed by atoms with E-state index in [2.05, 4.69) is 38.6 Å². The molecule has 17 heteroatoms. The van der Waals surface area contributed by atoms with Crippen LogP contribution < -0.4 is 44.6 Å². The predicted octanol–water partition coefficient (Wildman–Crippen LogP) is -5.12. The van der Waals surface area contributed by atoms with E-state index in [1.807, 2.05) is 0 Å². The Balaban J connectivity index is 4.89. The van der Waals surface area contributed by atoms with Crippen molar-refractivity contribution in [3.8, 4) is 0 Å². The van der Waals surface area contributed by atoms with Gasteiger partial charge in [-0.15, -0.1) is 0 Å². The Kier molecular flexibility index (Phi) is 15.5. The second-order valence-electron chi connectivity index (χ2n) is 7.39. The molecule has 0 aromatic rings. The molecule has 0 bridgehead atoms. The van der Waals surface area contributed by atoms with Gasteiger partial charge in [0.2, 0.25) is 17.7 Å². The van der Waals surface area contributed by atoms with Crippen LogP contribution in [-0.2, 0) is 19.2 Å². The van der Waals surface area contributed by atoms with Gasteiger partial charge in [-0.3, -0.25) is 24.4 Å². The summed E-state index contributed by atoms with van der Waals surface area (Å²) in [6.45, 7) is -0.393. The molecule has 0 aliphatic heterocycles. The zero-order valence-corrected chi connectivity index (χ0v) is 20.1. The summed E-state index contributed by atoms with van der Waals surface area (Å²) >= 11 is 4.02. The minimum atomic E-state index is -1.48. The number of guanidine groups is 2. The molecule has 4 unspecified atom stereocenters. The van der Waals surface area contributed by atoms with Crippen LogP contribution in [0.15, 0.2) is 9.98 Å². The van der Waals surface area contributed by atoms with Crippen molar-refractivity contribution in [2.24, 2.45) is 38.7 Å². The predicted molar refractivity (Wildman–Crippen MR) is 132 cm³/mol. The number of carboxylic acids is 1. The van der Waals surface area contributed by atoms with Gasteiger partial charge in [0, 0.05) is 18.8 Å². The van der Waals surface area contributed by atoms with Crippen LogP contribution in [0.2, 0.25) is 0 Å². The lowest BCUT2D eigenvalue weighted by Gasteiger charge is -2.23. The lowest BCUT2D eigenvalue weighted by molar-refractivity contribution is -0.142. The number of aliphatic hydroxyl groups is 1. The molecule has 0 aliphatic carbocycles. The molecule has 3 amide bonds. The summed E-state index contributed by atoms with van der Waals surface area (Å²) in [5.74, 6) is -4.09. The van der Waals surface area contributed by atoms with Crippen molar-refractivity contribution in [2.75, 3.05) is 25.4 Å². The number of carboxylic acid groups (broad SMARTS) is 1. The number of nitrogens with one attached hydrogen (secondary N) is 3. The standard InChI is InChI=1S/C18H36N10O6S/c19-9(3-1-5-24-17(20)21)13(30)28-12(8-35)15(32)27-11(7-29)14(31)26-10(16(33)34)4-2-6-25-18(22)23/h9-12,29,35H,1-8,19H2,(H,26,31)(H,27,32)(H,28,30)(H,33,34)(H4,20,21,24)(H4,22,23,25). The van der Waals surface area contributed by atoms with Gasteiger partial charge < -0.3 is 54.8 Å². The summed E-state index contributed by atoms with van der Waals surface area (Å²) in [6.07, 6.45) is 0.921.